The number of carbonyl (C=O) groups excluding carboxylic acids is 1. The van der Waals surface area contributed by atoms with E-state index >= 15 is 0 Å². The van der Waals surface area contributed by atoms with Crippen molar-refractivity contribution in [2.45, 2.75) is 83.2 Å². The summed E-state index contributed by atoms with van der Waals surface area (Å²) in [4.78, 5) is 15.8. The summed E-state index contributed by atoms with van der Waals surface area (Å²) >= 11 is 3.51. The van der Waals surface area contributed by atoms with Crippen molar-refractivity contribution in [3.63, 3.8) is 0 Å². The molecule has 33 heavy (non-hydrogen) atoms. The Kier molecular flexibility index (Phi) is 7.04. The lowest BCUT2D eigenvalue weighted by Gasteiger charge is -2.35. The first kappa shape index (κ1) is 24.4. The molecule has 0 saturated heterocycles. The molecule has 178 valence electrons. The number of hydrogen-bond acceptors (Lipinski definition) is 3. The van der Waals surface area contributed by atoms with Crippen LogP contribution in [0.25, 0.3) is 0 Å². The summed E-state index contributed by atoms with van der Waals surface area (Å²) in [5.41, 5.74) is 4.52. The number of fused-ring (bicyclic) bond motifs is 1. The minimum Gasteiger partial charge on any atom is -0.308 e. The predicted octanol–water partition coefficient (Wildman–Crippen LogP) is 5.68. The summed E-state index contributed by atoms with van der Waals surface area (Å²) in [6.07, 6.45) is 5.48. The SMILES string of the molecule is Cc1cc(C)c(S(=O)(=O)N(CC(=O)N2c3ccc(Br)cc3C[C@@H]2C)C2CCCCC2)c(C)c1. The van der Waals surface area contributed by atoms with Crippen LogP contribution in [-0.4, -0.2) is 37.3 Å². The van der Waals surface area contributed by atoms with Crippen LogP contribution in [0.4, 0.5) is 5.69 Å². The second-order valence-corrected chi connectivity index (χ2v) is 12.4. The molecule has 2 aliphatic rings. The molecule has 1 amide bonds. The summed E-state index contributed by atoms with van der Waals surface area (Å²) in [5.74, 6) is -0.153. The van der Waals surface area contributed by atoms with Gasteiger partial charge in [0.1, 0.15) is 0 Å². The van der Waals surface area contributed by atoms with Gasteiger partial charge >= 0.3 is 0 Å². The fraction of sp³-hybridized carbons (Fsp3) is 0.500. The molecule has 0 unspecified atom stereocenters. The number of rotatable bonds is 5. The first-order valence-electron chi connectivity index (χ1n) is 11.8. The molecule has 0 aromatic heterocycles. The second kappa shape index (κ2) is 9.51. The van der Waals surface area contributed by atoms with Gasteiger partial charge in [0.05, 0.1) is 11.4 Å². The average molecular weight is 534 g/mol. The van der Waals surface area contributed by atoms with Crippen LogP contribution in [0, 0.1) is 20.8 Å². The van der Waals surface area contributed by atoms with Gasteiger partial charge in [0, 0.05) is 22.2 Å². The number of benzene rings is 2. The van der Waals surface area contributed by atoms with E-state index < -0.39 is 10.0 Å². The summed E-state index contributed by atoms with van der Waals surface area (Å²) in [7, 11) is -3.83. The second-order valence-electron chi connectivity index (χ2n) is 9.66. The molecule has 1 aliphatic carbocycles. The van der Waals surface area contributed by atoms with E-state index in [-0.39, 0.29) is 24.5 Å². The summed E-state index contributed by atoms with van der Waals surface area (Å²) in [6, 6.07) is 9.62. The fourth-order valence-corrected chi connectivity index (χ4v) is 8.12. The molecule has 1 heterocycles. The molecule has 0 bridgehead atoms. The number of carbonyl (C=O) groups is 1. The standard InChI is InChI=1S/C26H33BrN2O3S/c1-17-12-18(2)26(19(3)13-17)33(31,32)28(23-8-6-5-7-9-23)16-25(30)29-20(4)14-21-15-22(27)10-11-24(21)29/h10-13,15,20,23H,5-9,14,16H2,1-4H3/t20-/m0/s1. The Morgan fingerprint density at radius 2 is 1.70 bits per heavy atom. The number of sulfonamides is 1. The first-order valence-corrected chi connectivity index (χ1v) is 14.0. The topological polar surface area (TPSA) is 57.7 Å². The number of amides is 1. The Morgan fingerprint density at radius 3 is 2.33 bits per heavy atom. The van der Waals surface area contributed by atoms with Crippen molar-refractivity contribution in [2.24, 2.45) is 0 Å². The molecule has 1 fully saturated rings. The van der Waals surface area contributed by atoms with Gasteiger partial charge in [0.15, 0.2) is 0 Å². The molecule has 1 saturated carbocycles. The van der Waals surface area contributed by atoms with Gasteiger partial charge < -0.3 is 4.90 Å². The van der Waals surface area contributed by atoms with Crippen LogP contribution in [0.3, 0.4) is 0 Å². The largest absolute Gasteiger partial charge is 0.308 e. The third-order valence-corrected chi connectivity index (χ3v) is 9.67. The van der Waals surface area contributed by atoms with Crippen molar-refractivity contribution in [3.05, 3.63) is 57.1 Å². The Bertz CT molecular complexity index is 1150. The molecule has 0 spiro atoms. The van der Waals surface area contributed by atoms with Gasteiger partial charge in [-0.25, -0.2) is 8.42 Å². The molecule has 2 aromatic rings. The van der Waals surface area contributed by atoms with Crippen LogP contribution >= 0.6 is 15.9 Å². The highest BCUT2D eigenvalue weighted by Crippen LogP contribution is 2.36. The third-order valence-electron chi connectivity index (χ3n) is 6.97. The van der Waals surface area contributed by atoms with Crippen molar-refractivity contribution in [1.82, 2.24) is 4.31 Å². The maximum atomic E-state index is 14.1. The van der Waals surface area contributed by atoms with E-state index in [9.17, 15) is 13.2 Å². The molecule has 0 N–H and O–H groups in total. The van der Waals surface area contributed by atoms with Crippen molar-refractivity contribution in [1.29, 1.82) is 0 Å². The van der Waals surface area contributed by atoms with Gasteiger partial charge in [-0.05, 0) is 81.8 Å². The Labute approximate surface area is 206 Å². The number of halogens is 1. The molecule has 1 atom stereocenters. The lowest BCUT2D eigenvalue weighted by Crippen LogP contribution is -2.49. The Morgan fingerprint density at radius 1 is 1.06 bits per heavy atom. The first-order chi connectivity index (χ1) is 15.6. The lowest BCUT2D eigenvalue weighted by atomic mass is 9.95. The van der Waals surface area contributed by atoms with Gasteiger partial charge in [-0.15, -0.1) is 0 Å². The molecule has 7 heteroatoms. The van der Waals surface area contributed by atoms with E-state index in [0.717, 1.165) is 70.9 Å². The van der Waals surface area contributed by atoms with E-state index in [2.05, 4.69) is 15.9 Å². The molecular weight excluding hydrogens is 500 g/mol. The number of hydrogen-bond donors (Lipinski definition) is 0. The number of aryl methyl sites for hydroxylation is 3. The van der Waals surface area contributed by atoms with Gasteiger partial charge in [-0.2, -0.15) is 4.31 Å². The van der Waals surface area contributed by atoms with E-state index in [1.807, 2.05) is 58.0 Å². The monoisotopic (exact) mass is 532 g/mol. The number of nitrogens with zero attached hydrogens (tertiary/aromatic N) is 2. The van der Waals surface area contributed by atoms with E-state index in [1.165, 1.54) is 4.31 Å². The van der Waals surface area contributed by atoms with Gasteiger partial charge in [0.25, 0.3) is 0 Å². The van der Waals surface area contributed by atoms with E-state index in [1.54, 1.807) is 4.90 Å². The highest BCUT2D eigenvalue weighted by atomic mass is 79.9. The maximum Gasteiger partial charge on any atom is 0.244 e. The molecule has 5 nitrogen and oxygen atoms in total. The number of anilines is 1. The fourth-order valence-electron chi connectivity index (χ4n) is 5.66. The molecule has 0 radical (unpaired) electrons. The smallest absolute Gasteiger partial charge is 0.244 e. The van der Waals surface area contributed by atoms with Crippen LogP contribution in [0.5, 0.6) is 0 Å². The van der Waals surface area contributed by atoms with Crippen LogP contribution in [-0.2, 0) is 21.2 Å². The van der Waals surface area contributed by atoms with Crippen LogP contribution in [0.1, 0.15) is 61.3 Å². The summed E-state index contributed by atoms with van der Waals surface area (Å²) < 4.78 is 30.6. The maximum absolute atomic E-state index is 14.1. The Balaban J connectivity index is 1.71. The highest BCUT2D eigenvalue weighted by Gasteiger charge is 2.39. The molecule has 1 aliphatic heterocycles. The Hall–Kier alpha value is -1.70. The van der Waals surface area contributed by atoms with E-state index in [0.29, 0.717) is 4.90 Å². The predicted molar refractivity (Wildman–Crippen MR) is 136 cm³/mol. The van der Waals surface area contributed by atoms with Crippen molar-refractivity contribution >= 4 is 37.5 Å². The summed E-state index contributed by atoms with van der Waals surface area (Å²) in [5, 5.41) is 0. The van der Waals surface area contributed by atoms with E-state index in [4.69, 9.17) is 0 Å². The molecule has 2 aromatic carbocycles. The highest BCUT2D eigenvalue weighted by molar-refractivity contribution is 9.10. The third kappa shape index (κ3) is 4.77. The van der Waals surface area contributed by atoms with Crippen molar-refractivity contribution in [2.75, 3.05) is 11.4 Å². The van der Waals surface area contributed by atoms with Crippen molar-refractivity contribution in [3.8, 4) is 0 Å². The molecule has 4 rings (SSSR count). The zero-order valence-corrected chi connectivity index (χ0v) is 22.3. The van der Waals surface area contributed by atoms with Gasteiger partial charge in [0.2, 0.25) is 15.9 Å². The minimum atomic E-state index is -3.83. The van der Waals surface area contributed by atoms with Crippen LogP contribution in [0.2, 0.25) is 0 Å². The normalized spacial score (nSPS) is 19.2. The zero-order valence-electron chi connectivity index (χ0n) is 19.9. The molecular formula is C26H33BrN2O3S. The summed E-state index contributed by atoms with van der Waals surface area (Å²) in [6.45, 7) is 7.58. The lowest BCUT2D eigenvalue weighted by molar-refractivity contribution is -0.119. The van der Waals surface area contributed by atoms with Gasteiger partial charge in [-0.1, -0.05) is 52.9 Å². The van der Waals surface area contributed by atoms with Crippen molar-refractivity contribution < 1.29 is 13.2 Å². The van der Waals surface area contributed by atoms with Crippen LogP contribution < -0.4 is 4.90 Å². The minimum absolute atomic E-state index is 0.000516. The average Bonchev–Trinajstić information content (AvgIpc) is 3.06. The van der Waals surface area contributed by atoms with Gasteiger partial charge in [-0.3, -0.25) is 4.79 Å². The quantitative estimate of drug-likeness (QED) is 0.497. The zero-order chi connectivity index (χ0) is 23.9. The van der Waals surface area contributed by atoms with Crippen LogP contribution in [0.15, 0.2) is 39.7 Å².